The second-order valence-corrected chi connectivity index (χ2v) is 10.6. The fraction of sp³-hybridized carbons (Fsp3) is 0.0263. The Morgan fingerprint density at radius 1 is 0.512 bits per heavy atom. The van der Waals surface area contributed by atoms with Crippen LogP contribution in [-0.4, -0.2) is 9.55 Å². The van der Waals surface area contributed by atoms with E-state index in [1.807, 2.05) is 6.07 Å². The largest absolute Gasteiger partial charge is 0.436 e. The van der Waals surface area contributed by atoms with E-state index < -0.39 is 0 Å². The zero-order valence-electron chi connectivity index (χ0n) is 22.6. The number of aryl methyl sites for hydroxylation is 1. The maximum atomic E-state index is 6.22. The molecule has 0 atom stereocenters. The zero-order chi connectivity index (χ0) is 27.3. The summed E-state index contributed by atoms with van der Waals surface area (Å²) in [7, 11) is 0. The van der Waals surface area contributed by atoms with Crippen molar-refractivity contribution in [3.63, 3.8) is 0 Å². The predicted molar refractivity (Wildman–Crippen MR) is 169 cm³/mol. The number of hydrogen-bond donors (Lipinski definition) is 0. The summed E-state index contributed by atoms with van der Waals surface area (Å²) < 4.78 is 8.56. The molecule has 0 fully saturated rings. The Morgan fingerprint density at radius 3 is 1.93 bits per heavy atom. The van der Waals surface area contributed by atoms with Crippen LogP contribution in [0.3, 0.4) is 0 Å². The van der Waals surface area contributed by atoms with Gasteiger partial charge in [0.2, 0.25) is 5.89 Å². The smallest absolute Gasteiger partial charge is 0.227 e. The van der Waals surface area contributed by atoms with Crippen LogP contribution in [0.25, 0.3) is 72.3 Å². The van der Waals surface area contributed by atoms with E-state index in [0.717, 1.165) is 27.8 Å². The number of oxazole rings is 1. The molecule has 0 aliphatic heterocycles. The van der Waals surface area contributed by atoms with Crippen LogP contribution in [0.5, 0.6) is 0 Å². The van der Waals surface area contributed by atoms with Gasteiger partial charge in [-0.3, -0.25) is 0 Å². The lowest BCUT2D eigenvalue weighted by Gasteiger charge is -2.08. The normalized spacial score (nSPS) is 11.5. The minimum atomic E-state index is 0.633. The lowest BCUT2D eigenvalue weighted by atomic mass is 10.0. The van der Waals surface area contributed by atoms with Crippen molar-refractivity contribution in [2.45, 2.75) is 6.92 Å². The van der Waals surface area contributed by atoms with Crippen LogP contribution >= 0.6 is 0 Å². The fourth-order valence-corrected chi connectivity index (χ4v) is 5.79. The Morgan fingerprint density at radius 2 is 1.12 bits per heavy atom. The molecule has 0 aliphatic rings. The second kappa shape index (κ2) is 9.35. The molecule has 0 N–H and O–H groups in total. The quantitative estimate of drug-likeness (QED) is 0.228. The summed E-state index contributed by atoms with van der Waals surface area (Å²) >= 11 is 0. The minimum absolute atomic E-state index is 0.633. The maximum absolute atomic E-state index is 6.22. The van der Waals surface area contributed by atoms with Crippen molar-refractivity contribution in [1.29, 1.82) is 0 Å². The van der Waals surface area contributed by atoms with Crippen LogP contribution in [0.4, 0.5) is 0 Å². The molecule has 0 amide bonds. The van der Waals surface area contributed by atoms with Crippen molar-refractivity contribution in [1.82, 2.24) is 9.55 Å². The Balaban J connectivity index is 1.15. The molecule has 194 valence electrons. The second-order valence-electron chi connectivity index (χ2n) is 10.6. The lowest BCUT2D eigenvalue weighted by Crippen LogP contribution is -1.92. The van der Waals surface area contributed by atoms with Gasteiger partial charge in [0, 0.05) is 22.0 Å². The first kappa shape index (κ1) is 23.5. The van der Waals surface area contributed by atoms with E-state index in [9.17, 15) is 0 Å². The Labute approximate surface area is 238 Å². The van der Waals surface area contributed by atoms with Gasteiger partial charge in [0.05, 0.1) is 11.0 Å². The van der Waals surface area contributed by atoms with Crippen molar-refractivity contribution in [2.75, 3.05) is 0 Å². The van der Waals surface area contributed by atoms with Gasteiger partial charge in [0.1, 0.15) is 5.52 Å². The van der Waals surface area contributed by atoms with Crippen LogP contribution < -0.4 is 0 Å². The minimum Gasteiger partial charge on any atom is -0.436 e. The van der Waals surface area contributed by atoms with Gasteiger partial charge < -0.3 is 8.98 Å². The Kier molecular flexibility index (Phi) is 5.36. The highest BCUT2D eigenvalue weighted by Crippen LogP contribution is 2.36. The van der Waals surface area contributed by atoms with Crippen molar-refractivity contribution >= 4 is 32.9 Å². The average Bonchev–Trinajstić information content (AvgIpc) is 3.61. The first-order valence-corrected chi connectivity index (χ1v) is 13.9. The van der Waals surface area contributed by atoms with E-state index in [1.54, 1.807) is 0 Å². The molecule has 41 heavy (non-hydrogen) atoms. The lowest BCUT2D eigenvalue weighted by molar-refractivity contribution is 0.620. The number of benzene rings is 6. The molecular formula is C38H26N2O. The molecule has 2 aromatic heterocycles. The van der Waals surface area contributed by atoms with Crippen molar-refractivity contribution in [3.8, 4) is 39.4 Å². The van der Waals surface area contributed by atoms with E-state index in [4.69, 9.17) is 9.40 Å². The molecule has 8 aromatic rings. The van der Waals surface area contributed by atoms with Gasteiger partial charge >= 0.3 is 0 Å². The summed E-state index contributed by atoms with van der Waals surface area (Å²) in [5, 5.41) is 2.50. The van der Waals surface area contributed by atoms with Gasteiger partial charge in [-0.1, -0.05) is 90.5 Å². The first-order chi connectivity index (χ1) is 20.2. The number of fused-ring (bicyclic) bond motifs is 4. The molecule has 0 saturated heterocycles. The monoisotopic (exact) mass is 526 g/mol. The Hall–Kier alpha value is -5.41. The number of aromatic nitrogens is 2. The summed E-state index contributed by atoms with van der Waals surface area (Å²) in [6.07, 6.45) is 0. The van der Waals surface area contributed by atoms with Crippen LogP contribution in [0, 0.1) is 6.92 Å². The van der Waals surface area contributed by atoms with Crippen LogP contribution in [-0.2, 0) is 0 Å². The van der Waals surface area contributed by atoms with Crippen LogP contribution in [0.1, 0.15) is 5.56 Å². The average molecular weight is 527 g/mol. The molecule has 0 radical (unpaired) electrons. The third-order valence-corrected chi connectivity index (χ3v) is 7.93. The van der Waals surface area contributed by atoms with Crippen LogP contribution in [0.15, 0.2) is 144 Å². The molecule has 0 unspecified atom stereocenters. The summed E-state index contributed by atoms with van der Waals surface area (Å²) in [4.78, 5) is 4.77. The summed E-state index contributed by atoms with van der Waals surface area (Å²) in [5.74, 6) is 0.633. The molecule has 3 nitrogen and oxygen atoms in total. The fourth-order valence-electron chi connectivity index (χ4n) is 5.79. The Bertz CT molecular complexity index is 2180. The SMILES string of the molecule is Cc1ccc(-c2ccc3nc(-c4ccc(-c5ccc6c(c5)c5ccccc5n6-c5ccccc5)cc4)oc3c2)cc1. The molecular weight excluding hydrogens is 500 g/mol. The molecule has 0 saturated carbocycles. The number of nitrogens with zero attached hydrogens (tertiary/aromatic N) is 2. The molecule has 0 bridgehead atoms. The first-order valence-electron chi connectivity index (χ1n) is 13.9. The molecule has 0 spiro atoms. The third kappa shape index (κ3) is 4.02. The standard InChI is InChI=1S/C38H26N2O/c1-25-11-13-26(14-12-25)30-19-21-34-37(24-30)41-38(39-34)28-17-15-27(16-18-28)29-20-22-36-33(23-29)32-9-5-6-10-35(32)40(36)31-7-3-2-4-8-31/h2-24H,1H3. The number of rotatable bonds is 4. The van der Waals surface area contributed by atoms with E-state index in [2.05, 4.69) is 145 Å². The topological polar surface area (TPSA) is 31.0 Å². The van der Waals surface area contributed by atoms with Gasteiger partial charge in [-0.2, -0.15) is 0 Å². The predicted octanol–water partition coefficient (Wildman–Crippen LogP) is 10.2. The van der Waals surface area contributed by atoms with E-state index in [0.29, 0.717) is 5.89 Å². The van der Waals surface area contributed by atoms with Crippen molar-refractivity contribution < 1.29 is 4.42 Å². The highest BCUT2D eigenvalue weighted by atomic mass is 16.3. The van der Waals surface area contributed by atoms with E-state index in [1.165, 1.54) is 44.2 Å². The summed E-state index contributed by atoms with van der Waals surface area (Å²) in [6, 6.07) is 49.2. The van der Waals surface area contributed by atoms with E-state index in [-0.39, 0.29) is 0 Å². The van der Waals surface area contributed by atoms with Crippen molar-refractivity contribution in [3.05, 3.63) is 145 Å². The van der Waals surface area contributed by atoms with Gasteiger partial charge in [-0.25, -0.2) is 4.98 Å². The van der Waals surface area contributed by atoms with Gasteiger partial charge in [-0.05, 0) is 83.8 Å². The number of para-hydroxylation sites is 2. The molecule has 8 rings (SSSR count). The summed E-state index contributed by atoms with van der Waals surface area (Å²) in [5.41, 5.74) is 12.1. The number of hydrogen-bond acceptors (Lipinski definition) is 2. The van der Waals surface area contributed by atoms with Crippen molar-refractivity contribution in [2.24, 2.45) is 0 Å². The highest BCUT2D eigenvalue weighted by Gasteiger charge is 2.14. The zero-order valence-corrected chi connectivity index (χ0v) is 22.6. The van der Waals surface area contributed by atoms with Gasteiger partial charge in [-0.15, -0.1) is 0 Å². The molecule has 2 heterocycles. The molecule has 3 heteroatoms. The third-order valence-electron chi connectivity index (χ3n) is 7.93. The van der Waals surface area contributed by atoms with Gasteiger partial charge in [0.25, 0.3) is 0 Å². The summed E-state index contributed by atoms with van der Waals surface area (Å²) in [6.45, 7) is 2.10. The highest BCUT2D eigenvalue weighted by molar-refractivity contribution is 6.10. The molecule has 0 aliphatic carbocycles. The van der Waals surface area contributed by atoms with Gasteiger partial charge in [0.15, 0.2) is 5.58 Å². The van der Waals surface area contributed by atoms with E-state index >= 15 is 0 Å². The molecule has 6 aromatic carbocycles. The maximum Gasteiger partial charge on any atom is 0.227 e. The van der Waals surface area contributed by atoms with Crippen LogP contribution in [0.2, 0.25) is 0 Å².